The number of nitrogens with one attached hydrogen (secondary N) is 2. The number of nitrogens with zero attached hydrogens (tertiary/aromatic N) is 1. The van der Waals surface area contributed by atoms with E-state index < -0.39 is 0 Å². The third kappa shape index (κ3) is 3.16. The lowest BCUT2D eigenvalue weighted by molar-refractivity contribution is 0.103. The number of hydrogen-bond acceptors (Lipinski definition) is 5. The van der Waals surface area contributed by atoms with Crippen LogP contribution in [0.5, 0.6) is 0 Å². The summed E-state index contributed by atoms with van der Waals surface area (Å²) in [5.41, 5.74) is 7.76. The number of anilines is 3. The molecule has 6 heteroatoms. The second kappa shape index (κ2) is 5.73. The van der Waals surface area contributed by atoms with E-state index in [1.54, 1.807) is 0 Å². The quantitative estimate of drug-likeness (QED) is 0.810. The summed E-state index contributed by atoms with van der Waals surface area (Å²) in [4.78, 5) is 16.9. The minimum absolute atomic E-state index is 0.212. The minimum atomic E-state index is -0.212. The molecule has 1 heterocycles. The summed E-state index contributed by atoms with van der Waals surface area (Å²) >= 11 is 1.31. The summed E-state index contributed by atoms with van der Waals surface area (Å²) < 4.78 is 0. The molecule has 2 aromatic rings. The number of nitrogen functional groups attached to an aromatic ring is 1. The van der Waals surface area contributed by atoms with Gasteiger partial charge in [-0.15, -0.1) is 0 Å². The van der Waals surface area contributed by atoms with Gasteiger partial charge in [0.1, 0.15) is 10.7 Å². The summed E-state index contributed by atoms with van der Waals surface area (Å²) in [6.45, 7) is 2.01. The first-order valence-corrected chi connectivity index (χ1v) is 7.84. The van der Waals surface area contributed by atoms with E-state index in [4.69, 9.17) is 5.73 Å². The van der Waals surface area contributed by atoms with Gasteiger partial charge in [-0.1, -0.05) is 29.0 Å². The monoisotopic (exact) mass is 302 g/mol. The van der Waals surface area contributed by atoms with Gasteiger partial charge in [-0.25, -0.2) is 4.98 Å². The number of benzene rings is 1. The smallest absolute Gasteiger partial charge is 0.269 e. The number of amides is 1. The zero-order valence-corrected chi connectivity index (χ0v) is 12.7. The second-order valence-corrected chi connectivity index (χ2v) is 6.32. The number of carbonyl (C=O) groups excluding carboxylic acids is 1. The van der Waals surface area contributed by atoms with Crippen molar-refractivity contribution in [1.82, 2.24) is 4.98 Å². The van der Waals surface area contributed by atoms with E-state index in [1.807, 2.05) is 31.2 Å². The summed E-state index contributed by atoms with van der Waals surface area (Å²) in [6.07, 6.45) is 3.56. The number of carbonyl (C=O) groups is 1. The largest absolute Gasteiger partial charge is 0.382 e. The van der Waals surface area contributed by atoms with Gasteiger partial charge in [-0.05, 0) is 38.3 Å². The van der Waals surface area contributed by atoms with Crippen LogP contribution in [-0.4, -0.2) is 16.9 Å². The molecule has 0 aliphatic heterocycles. The number of aryl methyl sites for hydroxylation is 1. The molecule has 1 amide bonds. The molecule has 1 fully saturated rings. The summed E-state index contributed by atoms with van der Waals surface area (Å²) in [7, 11) is 0. The van der Waals surface area contributed by atoms with Crippen LogP contribution in [0.15, 0.2) is 24.3 Å². The fourth-order valence-electron chi connectivity index (χ4n) is 2.11. The van der Waals surface area contributed by atoms with Crippen LogP contribution < -0.4 is 16.4 Å². The second-order valence-electron chi connectivity index (χ2n) is 5.33. The predicted octanol–water partition coefficient (Wildman–Crippen LogP) is 3.25. The van der Waals surface area contributed by atoms with E-state index in [-0.39, 0.29) is 11.7 Å². The van der Waals surface area contributed by atoms with Gasteiger partial charge in [0, 0.05) is 11.7 Å². The number of thiazole rings is 1. The van der Waals surface area contributed by atoms with Crippen molar-refractivity contribution in [3.8, 4) is 0 Å². The zero-order valence-electron chi connectivity index (χ0n) is 11.8. The number of nitrogens with two attached hydrogens (primary N) is 1. The Kier molecular flexibility index (Phi) is 3.79. The highest BCUT2D eigenvalue weighted by Crippen LogP contribution is 2.30. The molecule has 1 saturated carbocycles. The van der Waals surface area contributed by atoms with Crippen LogP contribution in [0.1, 0.15) is 34.5 Å². The SMILES string of the molecule is Cc1ccc(NC(=O)c2sc(NC3CCC3)nc2N)cc1. The highest BCUT2D eigenvalue weighted by molar-refractivity contribution is 7.18. The van der Waals surface area contributed by atoms with Gasteiger partial charge >= 0.3 is 0 Å². The van der Waals surface area contributed by atoms with Gasteiger partial charge in [-0.2, -0.15) is 0 Å². The maximum Gasteiger partial charge on any atom is 0.269 e. The van der Waals surface area contributed by atoms with Crippen LogP contribution >= 0.6 is 11.3 Å². The molecule has 0 spiro atoms. The summed E-state index contributed by atoms with van der Waals surface area (Å²) in [5, 5.41) is 6.89. The summed E-state index contributed by atoms with van der Waals surface area (Å²) in [5.74, 6) is 0.0712. The van der Waals surface area contributed by atoms with Gasteiger partial charge in [-0.3, -0.25) is 4.79 Å². The molecule has 4 N–H and O–H groups in total. The Bertz CT molecular complexity index is 646. The van der Waals surface area contributed by atoms with E-state index in [0.29, 0.717) is 10.9 Å². The first-order chi connectivity index (χ1) is 10.1. The molecule has 0 bridgehead atoms. The number of rotatable bonds is 4. The van der Waals surface area contributed by atoms with Crippen LogP contribution in [0.25, 0.3) is 0 Å². The van der Waals surface area contributed by atoms with Crippen molar-refractivity contribution in [3.63, 3.8) is 0 Å². The van der Waals surface area contributed by atoms with Crippen LogP contribution in [0.4, 0.5) is 16.6 Å². The van der Waals surface area contributed by atoms with E-state index in [2.05, 4.69) is 15.6 Å². The Hall–Kier alpha value is -2.08. The van der Waals surface area contributed by atoms with Crippen molar-refractivity contribution in [3.05, 3.63) is 34.7 Å². The molecule has 0 atom stereocenters. The molecule has 0 radical (unpaired) electrons. The Balaban J connectivity index is 1.70. The average molecular weight is 302 g/mol. The van der Waals surface area contributed by atoms with Crippen molar-refractivity contribution in [2.24, 2.45) is 0 Å². The third-order valence-electron chi connectivity index (χ3n) is 3.60. The molecule has 0 saturated heterocycles. The van der Waals surface area contributed by atoms with Crippen molar-refractivity contribution < 1.29 is 4.79 Å². The lowest BCUT2D eigenvalue weighted by Gasteiger charge is -2.25. The van der Waals surface area contributed by atoms with Crippen LogP contribution in [0.2, 0.25) is 0 Å². The molecule has 3 rings (SSSR count). The normalized spacial score (nSPS) is 14.5. The maximum absolute atomic E-state index is 12.3. The first-order valence-electron chi connectivity index (χ1n) is 7.02. The van der Waals surface area contributed by atoms with Crippen molar-refractivity contribution in [2.45, 2.75) is 32.2 Å². The van der Waals surface area contributed by atoms with Gasteiger partial charge < -0.3 is 16.4 Å². The fraction of sp³-hybridized carbons (Fsp3) is 0.333. The molecule has 1 aliphatic rings. The zero-order chi connectivity index (χ0) is 14.8. The molecule has 1 aliphatic carbocycles. The van der Waals surface area contributed by atoms with Crippen LogP contribution in [0, 0.1) is 6.92 Å². The predicted molar refractivity (Wildman–Crippen MR) is 86.9 cm³/mol. The van der Waals surface area contributed by atoms with Crippen molar-refractivity contribution in [2.75, 3.05) is 16.4 Å². The van der Waals surface area contributed by atoms with E-state index in [0.717, 1.165) is 29.2 Å². The van der Waals surface area contributed by atoms with Crippen LogP contribution in [-0.2, 0) is 0 Å². The highest BCUT2D eigenvalue weighted by Gasteiger charge is 2.21. The molecule has 5 nitrogen and oxygen atoms in total. The Morgan fingerprint density at radius 3 is 2.67 bits per heavy atom. The van der Waals surface area contributed by atoms with Gasteiger partial charge in [0.15, 0.2) is 5.13 Å². The lowest BCUT2D eigenvalue weighted by Crippen LogP contribution is -2.26. The highest BCUT2D eigenvalue weighted by atomic mass is 32.1. The minimum Gasteiger partial charge on any atom is -0.382 e. The van der Waals surface area contributed by atoms with Gasteiger partial charge in [0.25, 0.3) is 5.91 Å². The molecule has 1 aromatic carbocycles. The average Bonchev–Trinajstić information content (AvgIpc) is 2.78. The van der Waals surface area contributed by atoms with Crippen molar-refractivity contribution in [1.29, 1.82) is 0 Å². The molecular formula is C15H18N4OS. The Morgan fingerprint density at radius 2 is 2.05 bits per heavy atom. The van der Waals surface area contributed by atoms with Crippen molar-refractivity contribution >= 4 is 33.9 Å². The first kappa shape index (κ1) is 13.9. The molecule has 1 aromatic heterocycles. The molecule has 21 heavy (non-hydrogen) atoms. The van der Waals surface area contributed by atoms with E-state index >= 15 is 0 Å². The van der Waals surface area contributed by atoms with Gasteiger partial charge in [0.05, 0.1) is 0 Å². The standard InChI is InChI=1S/C15H18N4OS/c1-9-5-7-11(8-6-9)17-14(20)12-13(16)19-15(21-12)18-10-3-2-4-10/h5-8,10H,2-4,16H2,1H3,(H,17,20)(H,18,19). The summed E-state index contributed by atoms with van der Waals surface area (Å²) in [6, 6.07) is 8.13. The van der Waals surface area contributed by atoms with E-state index in [1.165, 1.54) is 17.8 Å². The maximum atomic E-state index is 12.3. The molecular weight excluding hydrogens is 284 g/mol. The lowest BCUT2D eigenvalue weighted by atomic mass is 9.93. The Morgan fingerprint density at radius 1 is 1.33 bits per heavy atom. The third-order valence-corrected chi connectivity index (χ3v) is 4.60. The number of hydrogen-bond donors (Lipinski definition) is 3. The van der Waals surface area contributed by atoms with E-state index in [9.17, 15) is 4.79 Å². The van der Waals surface area contributed by atoms with Crippen LogP contribution in [0.3, 0.4) is 0 Å². The molecule has 0 unspecified atom stereocenters. The fourth-order valence-corrected chi connectivity index (χ4v) is 2.97. The Labute approximate surface area is 127 Å². The van der Waals surface area contributed by atoms with Gasteiger partial charge in [0.2, 0.25) is 0 Å². The molecule has 110 valence electrons. The number of aromatic nitrogens is 1. The topological polar surface area (TPSA) is 80.0 Å².